The van der Waals surface area contributed by atoms with Crippen LogP contribution in [-0.4, -0.2) is 45.6 Å². The lowest BCUT2D eigenvalue weighted by atomic mass is 10.1. The molecule has 36 heavy (non-hydrogen) atoms. The third-order valence-corrected chi connectivity index (χ3v) is 5.94. The Morgan fingerprint density at radius 2 is 1.67 bits per heavy atom. The van der Waals surface area contributed by atoms with Crippen LogP contribution in [0.25, 0.3) is 39.7 Å². The fourth-order valence-corrected chi connectivity index (χ4v) is 4.42. The van der Waals surface area contributed by atoms with Gasteiger partial charge in [0.1, 0.15) is 11.3 Å². The van der Waals surface area contributed by atoms with Crippen LogP contribution in [0.15, 0.2) is 60.4 Å². The number of rotatable bonds is 3. The Morgan fingerprint density at radius 1 is 0.972 bits per heavy atom. The number of ether oxygens (including phenoxy) is 2. The number of amides is 1. The number of H-pyrrole nitrogens is 1. The first-order valence-corrected chi connectivity index (χ1v) is 11.4. The molecule has 8 heteroatoms. The van der Waals surface area contributed by atoms with E-state index in [9.17, 15) is 14.4 Å². The molecule has 2 aromatic heterocycles. The molecule has 1 aliphatic heterocycles. The summed E-state index contributed by atoms with van der Waals surface area (Å²) >= 11 is 0. The number of nitrogens with zero attached hydrogens (tertiary/aromatic N) is 2. The van der Waals surface area contributed by atoms with Gasteiger partial charge in [-0.15, -0.1) is 0 Å². The van der Waals surface area contributed by atoms with Crippen LogP contribution < -0.4 is 0 Å². The highest BCUT2D eigenvalue weighted by Gasteiger charge is 2.30. The van der Waals surface area contributed by atoms with Crippen molar-refractivity contribution < 1.29 is 23.9 Å². The Kier molecular flexibility index (Phi) is 5.51. The smallest absolute Gasteiger partial charge is 0.419 e. The number of methoxy groups -OCH3 is 1. The molecular weight excluding hydrogens is 458 g/mol. The second-order valence-electron chi connectivity index (χ2n) is 9.43. The first kappa shape index (κ1) is 23.2. The lowest BCUT2D eigenvalue weighted by Crippen LogP contribution is -2.27. The van der Waals surface area contributed by atoms with Gasteiger partial charge in [0.15, 0.2) is 0 Å². The summed E-state index contributed by atoms with van der Waals surface area (Å²) in [6.45, 7) is 5.39. The van der Waals surface area contributed by atoms with Gasteiger partial charge in [0.05, 0.1) is 18.3 Å². The Balaban J connectivity index is 1.79. The molecule has 3 heterocycles. The molecular formula is C28H25N3O5. The van der Waals surface area contributed by atoms with E-state index in [1.807, 2.05) is 42.5 Å². The molecule has 0 spiro atoms. The van der Waals surface area contributed by atoms with E-state index in [1.165, 1.54) is 16.6 Å². The van der Waals surface area contributed by atoms with Gasteiger partial charge in [0, 0.05) is 39.3 Å². The average Bonchev–Trinajstić information content (AvgIpc) is 3.35. The summed E-state index contributed by atoms with van der Waals surface area (Å²) < 4.78 is 12.1. The Morgan fingerprint density at radius 3 is 2.36 bits per heavy atom. The van der Waals surface area contributed by atoms with Crippen LogP contribution in [0.4, 0.5) is 4.79 Å². The highest BCUT2D eigenvalue weighted by atomic mass is 16.6. The van der Waals surface area contributed by atoms with Crippen molar-refractivity contribution in [1.82, 2.24) is 14.5 Å². The number of hydrogen-bond donors (Lipinski definition) is 1. The van der Waals surface area contributed by atoms with Crippen LogP contribution in [0, 0.1) is 0 Å². The maximum atomic E-state index is 13.1. The highest BCUT2D eigenvalue weighted by molar-refractivity contribution is 6.10. The number of carbonyl (C=O) groups excluding carboxylic acids is 3. The van der Waals surface area contributed by atoms with Gasteiger partial charge in [0.25, 0.3) is 0 Å². The first-order chi connectivity index (χ1) is 17.2. The third-order valence-electron chi connectivity index (χ3n) is 5.94. The lowest BCUT2D eigenvalue weighted by molar-refractivity contribution is -0.138. The molecule has 0 unspecified atom stereocenters. The number of fused-ring (bicyclic) bond motifs is 4. The van der Waals surface area contributed by atoms with Gasteiger partial charge < -0.3 is 14.5 Å². The summed E-state index contributed by atoms with van der Waals surface area (Å²) in [6, 6.07) is 15.0. The van der Waals surface area contributed by atoms with E-state index in [-0.39, 0.29) is 5.70 Å². The lowest BCUT2D eigenvalue weighted by Gasteiger charge is -2.21. The first-order valence-electron chi connectivity index (χ1n) is 11.4. The number of para-hydroxylation sites is 2. The number of benzene rings is 2. The fourth-order valence-electron chi connectivity index (χ4n) is 4.42. The zero-order valence-electron chi connectivity index (χ0n) is 20.4. The molecule has 1 amide bonds. The van der Waals surface area contributed by atoms with Crippen molar-refractivity contribution in [1.29, 1.82) is 0 Å². The third kappa shape index (κ3) is 3.86. The Hall–Kier alpha value is -4.59. The maximum absolute atomic E-state index is 13.1. The molecule has 5 rings (SSSR count). The molecule has 0 fully saturated rings. The number of carbonyl (C=O) groups is 3. The zero-order chi connectivity index (χ0) is 25.6. The molecule has 2 aromatic carbocycles. The van der Waals surface area contributed by atoms with Gasteiger partial charge in [-0.2, -0.15) is 0 Å². The van der Waals surface area contributed by atoms with Gasteiger partial charge in [-0.3, -0.25) is 14.3 Å². The van der Waals surface area contributed by atoms with Gasteiger partial charge in [-0.25, -0.2) is 9.59 Å². The second-order valence-corrected chi connectivity index (χ2v) is 9.43. The van der Waals surface area contributed by atoms with Crippen LogP contribution >= 0.6 is 0 Å². The topological polar surface area (TPSA) is 93.6 Å². The van der Waals surface area contributed by atoms with Crippen molar-refractivity contribution in [2.45, 2.75) is 26.4 Å². The van der Waals surface area contributed by atoms with E-state index in [2.05, 4.69) is 4.98 Å². The van der Waals surface area contributed by atoms with E-state index in [0.29, 0.717) is 34.3 Å². The summed E-state index contributed by atoms with van der Waals surface area (Å²) in [5.41, 5.74) is 3.30. The molecule has 0 bridgehead atoms. The Labute approximate surface area is 207 Å². The van der Waals surface area contributed by atoms with Gasteiger partial charge in [-0.05, 0) is 45.1 Å². The van der Waals surface area contributed by atoms with Crippen molar-refractivity contribution in [3.63, 3.8) is 0 Å². The van der Waals surface area contributed by atoms with Crippen molar-refractivity contribution in [2.75, 3.05) is 7.11 Å². The van der Waals surface area contributed by atoms with E-state index >= 15 is 0 Å². The molecule has 0 aliphatic carbocycles. The van der Waals surface area contributed by atoms with Gasteiger partial charge >= 0.3 is 12.1 Å². The molecule has 182 valence electrons. The van der Waals surface area contributed by atoms with Crippen molar-refractivity contribution in [3.05, 3.63) is 77.2 Å². The molecule has 1 aliphatic rings. The monoisotopic (exact) mass is 483 g/mol. The van der Waals surface area contributed by atoms with E-state index < -0.39 is 17.7 Å². The largest absolute Gasteiger partial charge is 0.464 e. The second kappa shape index (κ2) is 8.57. The Bertz CT molecular complexity index is 1600. The standard InChI is InChI=1S/C28H25N3O5/c1-28(2,3)36-27(34)30-15-20(18-10-6-8-12-23(18)30)24-14-22-19(17-9-5-7-11-21(17)29-22)13-25(26(33)35-4)31(24)16-32/h5-16,29H,1-4H3. The van der Waals surface area contributed by atoms with Crippen LogP contribution in [0.2, 0.25) is 0 Å². The van der Waals surface area contributed by atoms with E-state index in [0.717, 1.165) is 16.5 Å². The predicted molar refractivity (Wildman–Crippen MR) is 138 cm³/mol. The number of nitrogens with one attached hydrogen (secondary N) is 1. The van der Waals surface area contributed by atoms with E-state index in [4.69, 9.17) is 9.47 Å². The molecule has 0 atom stereocenters. The normalized spacial score (nSPS) is 13.6. The van der Waals surface area contributed by atoms with Crippen LogP contribution in [0.1, 0.15) is 37.6 Å². The summed E-state index contributed by atoms with van der Waals surface area (Å²) in [6.07, 6.45) is 5.10. The summed E-state index contributed by atoms with van der Waals surface area (Å²) in [7, 11) is 1.27. The quantitative estimate of drug-likeness (QED) is 0.312. The predicted octanol–water partition coefficient (Wildman–Crippen LogP) is 5.39. The number of aromatic nitrogens is 2. The van der Waals surface area contributed by atoms with Gasteiger partial charge in [-0.1, -0.05) is 36.4 Å². The van der Waals surface area contributed by atoms with Crippen molar-refractivity contribution in [3.8, 4) is 0 Å². The SMILES string of the molecule is COC(=O)C1=Cc2c([nH]c3ccccc23)C=C(c2cn(C(=O)OC(C)(C)C)c3ccccc23)N1C=O. The molecule has 0 saturated heterocycles. The van der Waals surface area contributed by atoms with Gasteiger partial charge in [0.2, 0.25) is 6.41 Å². The minimum Gasteiger partial charge on any atom is -0.464 e. The molecule has 0 radical (unpaired) electrons. The number of esters is 1. The summed E-state index contributed by atoms with van der Waals surface area (Å²) in [5, 5.41) is 1.61. The average molecular weight is 484 g/mol. The van der Waals surface area contributed by atoms with Crippen molar-refractivity contribution in [2.24, 2.45) is 0 Å². The molecule has 1 N–H and O–H groups in total. The molecule has 4 aromatic rings. The van der Waals surface area contributed by atoms with Crippen LogP contribution in [0.5, 0.6) is 0 Å². The van der Waals surface area contributed by atoms with Crippen LogP contribution in [0.3, 0.4) is 0 Å². The number of aromatic amines is 1. The summed E-state index contributed by atoms with van der Waals surface area (Å²) in [5.74, 6) is -0.665. The fraction of sp³-hybridized carbons (Fsp3) is 0.179. The number of hydrogen-bond acceptors (Lipinski definition) is 5. The minimum atomic E-state index is -0.695. The maximum Gasteiger partial charge on any atom is 0.419 e. The van der Waals surface area contributed by atoms with Crippen molar-refractivity contribution >= 4 is 58.1 Å². The summed E-state index contributed by atoms with van der Waals surface area (Å²) in [4.78, 5) is 43.0. The van der Waals surface area contributed by atoms with E-state index in [1.54, 1.807) is 45.2 Å². The van der Waals surface area contributed by atoms with Crippen LogP contribution in [-0.2, 0) is 19.1 Å². The highest BCUT2D eigenvalue weighted by Crippen LogP contribution is 2.38. The molecule has 0 saturated carbocycles. The molecule has 8 nitrogen and oxygen atoms in total. The minimum absolute atomic E-state index is 0.0522. The zero-order valence-corrected chi connectivity index (χ0v) is 20.4.